The van der Waals surface area contributed by atoms with Gasteiger partial charge in [-0.3, -0.25) is 0 Å². The zero-order valence-corrected chi connectivity index (χ0v) is 15.1. The highest BCUT2D eigenvalue weighted by Crippen LogP contribution is 2.29. The van der Waals surface area contributed by atoms with Crippen LogP contribution in [0.4, 0.5) is 11.8 Å². The molecule has 0 amide bonds. The number of nitrogens with zero attached hydrogens (tertiary/aromatic N) is 3. The van der Waals surface area contributed by atoms with Gasteiger partial charge in [0.05, 0.1) is 11.4 Å². The lowest BCUT2D eigenvalue weighted by molar-refractivity contribution is 0.863. The summed E-state index contributed by atoms with van der Waals surface area (Å²) >= 11 is 12.2. The molecule has 2 heterocycles. The third-order valence-electron chi connectivity index (χ3n) is 3.79. The van der Waals surface area contributed by atoms with Crippen LogP contribution in [0.2, 0.25) is 10.0 Å². The molecule has 0 bridgehead atoms. The Hall–Kier alpha value is -2.11. The Morgan fingerprint density at radius 1 is 1.08 bits per heavy atom. The van der Waals surface area contributed by atoms with E-state index in [9.17, 15) is 0 Å². The molecule has 24 heavy (non-hydrogen) atoms. The summed E-state index contributed by atoms with van der Waals surface area (Å²) in [5, 5.41) is 5.18. The maximum atomic E-state index is 6.26. The van der Waals surface area contributed by atoms with Crippen LogP contribution in [0.1, 0.15) is 29.8 Å². The number of hydrogen-bond donors (Lipinski definition) is 2. The lowest BCUT2D eigenvalue weighted by Gasteiger charge is -2.17. The number of hydrogen-bond acceptors (Lipinski definition) is 5. The zero-order valence-electron chi connectivity index (χ0n) is 13.6. The quantitative estimate of drug-likeness (QED) is 0.706. The van der Waals surface area contributed by atoms with Crippen molar-refractivity contribution in [1.82, 2.24) is 15.0 Å². The van der Waals surface area contributed by atoms with Gasteiger partial charge in [0.25, 0.3) is 0 Å². The predicted molar refractivity (Wildman–Crippen MR) is 99.7 cm³/mol. The number of benzene rings is 1. The summed E-state index contributed by atoms with van der Waals surface area (Å²) in [7, 11) is 0. The molecule has 124 valence electrons. The topological polar surface area (TPSA) is 76.7 Å². The lowest BCUT2D eigenvalue weighted by atomic mass is 10.1. The Morgan fingerprint density at radius 2 is 1.83 bits per heavy atom. The van der Waals surface area contributed by atoms with Gasteiger partial charge in [-0.2, -0.15) is 9.97 Å². The summed E-state index contributed by atoms with van der Waals surface area (Å²) in [5.41, 5.74) is 9.47. The summed E-state index contributed by atoms with van der Waals surface area (Å²) in [6.45, 7) is 5.86. The fourth-order valence-corrected chi connectivity index (χ4v) is 3.27. The van der Waals surface area contributed by atoms with Gasteiger partial charge in [-0.25, -0.2) is 4.98 Å². The van der Waals surface area contributed by atoms with Gasteiger partial charge in [-0.15, -0.1) is 0 Å². The van der Waals surface area contributed by atoms with Crippen molar-refractivity contribution in [2.24, 2.45) is 0 Å². The fourth-order valence-electron chi connectivity index (χ4n) is 2.70. The number of nitrogens with two attached hydrogens (primary N) is 1. The van der Waals surface area contributed by atoms with Crippen molar-refractivity contribution in [3.63, 3.8) is 0 Å². The first-order valence-electron chi connectivity index (χ1n) is 7.48. The minimum Gasteiger partial charge on any atom is -0.383 e. The zero-order chi connectivity index (χ0) is 17.4. The van der Waals surface area contributed by atoms with Crippen LogP contribution >= 0.6 is 23.2 Å². The molecule has 7 heteroatoms. The van der Waals surface area contributed by atoms with E-state index in [-0.39, 0.29) is 6.04 Å². The number of nitrogens with one attached hydrogen (secondary N) is 1. The largest absolute Gasteiger partial charge is 0.383 e. The first-order chi connectivity index (χ1) is 11.3. The van der Waals surface area contributed by atoms with E-state index in [1.165, 1.54) is 0 Å². The van der Waals surface area contributed by atoms with E-state index in [4.69, 9.17) is 28.9 Å². The van der Waals surface area contributed by atoms with Gasteiger partial charge in [-0.1, -0.05) is 29.3 Å². The summed E-state index contributed by atoms with van der Waals surface area (Å²) in [6, 6.07) is 7.23. The first kappa shape index (κ1) is 16.7. The maximum absolute atomic E-state index is 6.26. The maximum Gasteiger partial charge on any atom is 0.227 e. The molecule has 0 saturated heterocycles. The summed E-state index contributed by atoms with van der Waals surface area (Å²) < 4.78 is 0. The smallest absolute Gasteiger partial charge is 0.227 e. The highest BCUT2D eigenvalue weighted by atomic mass is 35.5. The molecule has 0 saturated carbocycles. The molecule has 0 aliphatic rings. The molecular formula is C17H17Cl2N5. The number of aromatic nitrogens is 3. The monoisotopic (exact) mass is 361 g/mol. The van der Waals surface area contributed by atoms with Crippen LogP contribution in [0.25, 0.3) is 11.0 Å². The van der Waals surface area contributed by atoms with E-state index in [1.54, 1.807) is 12.1 Å². The second-order valence-electron chi connectivity index (χ2n) is 5.74. The lowest BCUT2D eigenvalue weighted by Crippen LogP contribution is -2.12. The van der Waals surface area contributed by atoms with Crippen molar-refractivity contribution in [2.45, 2.75) is 26.8 Å². The first-order valence-corrected chi connectivity index (χ1v) is 8.23. The summed E-state index contributed by atoms with van der Waals surface area (Å²) in [4.78, 5) is 13.3. The van der Waals surface area contributed by atoms with E-state index in [0.717, 1.165) is 22.2 Å². The van der Waals surface area contributed by atoms with Gasteiger partial charge in [0, 0.05) is 15.7 Å². The number of rotatable bonds is 3. The number of anilines is 2. The second kappa shape index (κ2) is 6.42. The number of halogens is 2. The van der Waals surface area contributed by atoms with Crippen LogP contribution in [0.5, 0.6) is 0 Å². The third kappa shape index (κ3) is 3.23. The van der Waals surface area contributed by atoms with Crippen molar-refractivity contribution in [3.05, 3.63) is 51.1 Å². The second-order valence-corrected chi connectivity index (χ2v) is 6.59. The molecule has 2 aromatic heterocycles. The Morgan fingerprint density at radius 3 is 2.54 bits per heavy atom. The third-order valence-corrected chi connectivity index (χ3v) is 4.36. The average Bonchev–Trinajstić information content (AvgIpc) is 2.45. The summed E-state index contributed by atoms with van der Waals surface area (Å²) in [6.07, 6.45) is 0. The Bertz CT molecular complexity index is 926. The van der Waals surface area contributed by atoms with Gasteiger partial charge < -0.3 is 11.1 Å². The Balaban J connectivity index is 1.98. The van der Waals surface area contributed by atoms with Crippen LogP contribution in [-0.2, 0) is 0 Å². The normalized spacial score (nSPS) is 12.4. The highest BCUT2D eigenvalue weighted by molar-refractivity contribution is 6.35. The average molecular weight is 362 g/mol. The van der Waals surface area contributed by atoms with E-state index in [2.05, 4.69) is 20.3 Å². The number of pyridine rings is 1. The minimum absolute atomic E-state index is 0.113. The van der Waals surface area contributed by atoms with Gasteiger partial charge in [0.1, 0.15) is 5.82 Å². The van der Waals surface area contributed by atoms with E-state index < -0.39 is 0 Å². The minimum atomic E-state index is -0.113. The van der Waals surface area contributed by atoms with Crippen LogP contribution in [0, 0.1) is 13.8 Å². The van der Waals surface area contributed by atoms with Crippen molar-refractivity contribution < 1.29 is 0 Å². The number of fused-ring (bicyclic) bond motifs is 1. The molecule has 3 aromatic rings. The van der Waals surface area contributed by atoms with Crippen LogP contribution in [-0.4, -0.2) is 15.0 Å². The molecule has 5 nitrogen and oxygen atoms in total. The molecule has 0 aliphatic heterocycles. The van der Waals surface area contributed by atoms with E-state index in [0.29, 0.717) is 27.5 Å². The van der Waals surface area contributed by atoms with Gasteiger partial charge in [0.15, 0.2) is 5.65 Å². The molecule has 1 aromatic carbocycles. The molecule has 0 aliphatic carbocycles. The van der Waals surface area contributed by atoms with Gasteiger partial charge in [0.2, 0.25) is 5.95 Å². The van der Waals surface area contributed by atoms with Crippen LogP contribution in [0.3, 0.4) is 0 Å². The van der Waals surface area contributed by atoms with Crippen LogP contribution < -0.4 is 11.1 Å². The van der Waals surface area contributed by atoms with Crippen molar-refractivity contribution in [1.29, 1.82) is 0 Å². The number of nitrogen functional groups attached to an aromatic ring is 1. The Kier molecular flexibility index (Phi) is 4.47. The Labute approximate surface area is 150 Å². The molecule has 3 rings (SSSR count). The molecule has 1 atom stereocenters. The van der Waals surface area contributed by atoms with Gasteiger partial charge >= 0.3 is 0 Å². The van der Waals surface area contributed by atoms with Crippen molar-refractivity contribution in [2.75, 3.05) is 11.1 Å². The molecule has 0 spiro atoms. The highest BCUT2D eigenvalue weighted by Gasteiger charge is 2.14. The predicted octanol–water partition coefficient (Wildman–Crippen LogP) is 4.70. The molecular weight excluding hydrogens is 345 g/mol. The molecule has 0 fully saturated rings. The SMILES string of the molecule is Cc1cc(C)c2c(N)nc(NC(C)c3ccc(Cl)cc3Cl)nc2n1. The van der Waals surface area contributed by atoms with E-state index >= 15 is 0 Å². The summed E-state index contributed by atoms with van der Waals surface area (Å²) in [5.74, 6) is 0.818. The number of aryl methyl sites for hydroxylation is 2. The fraction of sp³-hybridized carbons (Fsp3) is 0.235. The molecule has 1 unspecified atom stereocenters. The van der Waals surface area contributed by atoms with Crippen LogP contribution in [0.15, 0.2) is 24.3 Å². The standard InChI is InChI=1S/C17H17Cl2N5/c1-8-6-9(2)21-16-14(8)15(20)23-17(24-16)22-10(3)12-5-4-11(18)7-13(12)19/h4-7,10H,1-3H3,(H3,20,21,22,23,24). The molecule has 0 radical (unpaired) electrons. The van der Waals surface area contributed by atoms with Crippen molar-refractivity contribution in [3.8, 4) is 0 Å². The van der Waals surface area contributed by atoms with E-state index in [1.807, 2.05) is 32.9 Å². The molecule has 3 N–H and O–H groups in total. The van der Waals surface area contributed by atoms with Crippen molar-refractivity contribution >= 4 is 46.0 Å². The van der Waals surface area contributed by atoms with Gasteiger partial charge in [-0.05, 0) is 50.1 Å².